The zero-order chi connectivity index (χ0) is 22.3. The van der Waals surface area contributed by atoms with E-state index >= 15 is 0 Å². The average molecular weight is 444 g/mol. The quantitative estimate of drug-likeness (QED) is 0.668. The van der Waals surface area contributed by atoms with Crippen molar-refractivity contribution in [2.75, 3.05) is 44.2 Å². The molecule has 5 nitrogen and oxygen atoms in total. The maximum Gasteiger partial charge on any atom is 0.225 e. The number of fused-ring (bicyclic) bond motifs is 4. The van der Waals surface area contributed by atoms with Crippen LogP contribution in [0.4, 0.5) is 10.3 Å². The minimum Gasteiger partial charge on any atom is -0.338 e. The Hall–Kier alpha value is -2.83. The summed E-state index contributed by atoms with van der Waals surface area (Å²) < 4.78 is 14.0. The van der Waals surface area contributed by atoms with Gasteiger partial charge in [-0.3, -0.25) is 4.90 Å². The van der Waals surface area contributed by atoms with Crippen LogP contribution in [0.25, 0.3) is 11.3 Å². The molecule has 6 heteroatoms. The van der Waals surface area contributed by atoms with Gasteiger partial charge in [0.25, 0.3) is 0 Å². The van der Waals surface area contributed by atoms with Gasteiger partial charge in [0.15, 0.2) is 0 Å². The summed E-state index contributed by atoms with van der Waals surface area (Å²) >= 11 is 0. The molecular formula is C27H30FN5. The molecule has 2 aliphatic heterocycles. The average Bonchev–Trinajstić information content (AvgIpc) is 2.87. The first-order chi connectivity index (χ1) is 16.2. The number of benzene rings is 2. The van der Waals surface area contributed by atoms with Crippen LogP contribution in [0.3, 0.4) is 0 Å². The third-order valence-corrected chi connectivity index (χ3v) is 7.70. The smallest absolute Gasteiger partial charge is 0.225 e. The van der Waals surface area contributed by atoms with Crippen molar-refractivity contribution < 1.29 is 4.39 Å². The van der Waals surface area contributed by atoms with Crippen LogP contribution in [-0.2, 0) is 18.4 Å². The van der Waals surface area contributed by atoms with Crippen LogP contribution in [0.5, 0.6) is 0 Å². The molecule has 33 heavy (non-hydrogen) atoms. The lowest BCUT2D eigenvalue weighted by Gasteiger charge is -2.43. The van der Waals surface area contributed by atoms with E-state index in [-0.39, 0.29) is 11.2 Å². The molecule has 3 heterocycles. The first kappa shape index (κ1) is 20.8. The number of nitrogens with one attached hydrogen (secondary N) is 1. The van der Waals surface area contributed by atoms with E-state index in [9.17, 15) is 4.39 Å². The van der Waals surface area contributed by atoms with Gasteiger partial charge in [-0.25, -0.2) is 14.4 Å². The fraction of sp³-hybridized carbons (Fsp3) is 0.407. The highest BCUT2D eigenvalue weighted by molar-refractivity contribution is 5.72. The van der Waals surface area contributed by atoms with E-state index in [2.05, 4.69) is 45.6 Å². The molecule has 1 aromatic heterocycles. The van der Waals surface area contributed by atoms with Crippen LogP contribution in [0.1, 0.15) is 29.5 Å². The molecule has 2 saturated heterocycles. The van der Waals surface area contributed by atoms with Gasteiger partial charge in [0.1, 0.15) is 5.82 Å². The summed E-state index contributed by atoms with van der Waals surface area (Å²) in [5.41, 5.74) is 6.09. The summed E-state index contributed by atoms with van der Waals surface area (Å²) in [7, 11) is 0. The van der Waals surface area contributed by atoms with Gasteiger partial charge >= 0.3 is 0 Å². The second-order valence-corrected chi connectivity index (χ2v) is 9.65. The van der Waals surface area contributed by atoms with Gasteiger partial charge < -0.3 is 10.2 Å². The molecule has 2 aromatic carbocycles. The highest BCUT2D eigenvalue weighted by Gasteiger charge is 2.40. The van der Waals surface area contributed by atoms with E-state index in [1.54, 1.807) is 12.1 Å². The lowest BCUT2D eigenvalue weighted by atomic mass is 9.64. The van der Waals surface area contributed by atoms with Gasteiger partial charge in [-0.05, 0) is 49.5 Å². The van der Waals surface area contributed by atoms with Crippen molar-refractivity contribution in [2.45, 2.75) is 31.2 Å². The van der Waals surface area contributed by atoms with Crippen molar-refractivity contribution >= 4 is 5.95 Å². The zero-order valence-corrected chi connectivity index (χ0v) is 18.9. The summed E-state index contributed by atoms with van der Waals surface area (Å²) in [5, 5.41) is 3.52. The standard InChI is InChI=1S/C27H30FN5/c28-24-8-4-1-5-20(24)19-32-13-15-33(16-14-32)26-30-18-21-17-27(9-11-29-12-10-27)23-7-3-2-6-22(23)25(21)31-26/h1-8,18,29H,9-17,19H2. The fourth-order valence-corrected chi connectivity index (χ4v) is 5.85. The van der Waals surface area contributed by atoms with Crippen molar-refractivity contribution in [1.82, 2.24) is 20.2 Å². The molecule has 0 unspecified atom stereocenters. The van der Waals surface area contributed by atoms with Crippen molar-refractivity contribution in [1.29, 1.82) is 0 Å². The number of piperazine rings is 1. The van der Waals surface area contributed by atoms with Crippen LogP contribution in [0.2, 0.25) is 0 Å². The van der Waals surface area contributed by atoms with Crippen LogP contribution < -0.4 is 10.2 Å². The summed E-state index contributed by atoms with van der Waals surface area (Å²) in [6, 6.07) is 15.9. The van der Waals surface area contributed by atoms with E-state index in [4.69, 9.17) is 9.97 Å². The molecule has 1 aliphatic carbocycles. The molecule has 0 amide bonds. The Labute approximate surface area is 194 Å². The lowest BCUT2D eigenvalue weighted by molar-refractivity contribution is 0.245. The number of piperidine rings is 1. The Balaban J connectivity index is 1.22. The first-order valence-electron chi connectivity index (χ1n) is 12.1. The topological polar surface area (TPSA) is 44.3 Å². The van der Waals surface area contributed by atoms with Crippen molar-refractivity contribution in [2.24, 2.45) is 0 Å². The van der Waals surface area contributed by atoms with Crippen molar-refractivity contribution in [3.8, 4) is 11.3 Å². The lowest BCUT2D eigenvalue weighted by Crippen LogP contribution is -2.47. The predicted octanol–water partition coefficient (Wildman–Crippen LogP) is 3.78. The Morgan fingerprint density at radius 3 is 2.52 bits per heavy atom. The molecule has 170 valence electrons. The van der Waals surface area contributed by atoms with E-state index in [1.165, 1.54) is 16.7 Å². The van der Waals surface area contributed by atoms with Gasteiger partial charge in [-0.2, -0.15) is 0 Å². The largest absolute Gasteiger partial charge is 0.338 e. The fourth-order valence-electron chi connectivity index (χ4n) is 5.85. The van der Waals surface area contributed by atoms with Gasteiger partial charge in [0, 0.05) is 55.5 Å². The highest BCUT2D eigenvalue weighted by atomic mass is 19.1. The van der Waals surface area contributed by atoms with Crippen LogP contribution in [0, 0.1) is 5.82 Å². The molecule has 0 radical (unpaired) electrons. The van der Waals surface area contributed by atoms with Gasteiger partial charge in [-0.1, -0.05) is 42.5 Å². The van der Waals surface area contributed by atoms with Crippen molar-refractivity contribution in [3.63, 3.8) is 0 Å². The third-order valence-electron chi connectivity index (χ3n) is 7.70. The van der Waals surface area contributed by atoms with Crippen LogP contribution in [-0.4, -0.2) is 54.1 Å². The molecule has 3 aromatic rings. The van der Waals surface area contributed by atoms with Gasteiger partial charge in [0.05, 0.1) is 5.69 Å². The van der Waals surface area contributed by atoms with E-state index in [0.717, 1.165) is 75.7 Å². The number of aromatic nitrogens is 2. The van der Waals surface area contributed by atoms with Gasteiger partial charge in [-0.15, -0.1) is 0 Å². The molecule has 0 saturated carbocycles. The Bertz CT molecular complexity index is 1150. The molecule has 0 atom stereocenters. The Kier molecular flexibility index (Phi) is 5.35. The summed E-state index contributed by atoms with van der Waals surface area (Å²) in [6.07, 6.45) is 5.42. The summed E-state index contributed by atoms with van der Waals surface area (Å²) in [6.45, 7) is 6.24. The second-order valence-electron chi connectivity index (χ2n) is 9.65. The Morgan fingerprint density at radius 1 is 0.939 bits per heavy atom. The monoisotopic (exact) mass is 443 g/mol. The molecule has 3 aliphatic rings. The summed E-state index contributed by atoms with van der Waals surface area (Å²) in [5.74, 6) is 0.693. The Morgan fingerprint density at radius 2 is 1.70 bits per heavy atom. The predicted molar refractivity (Wildman–Crippen MR) is 129 cm³/mol. The van der Waals surface area contributed by atoms with E-state index in [1.807, 2.05) is 12.1 Å². The number of hydrogen-bond donors (Lipinski definition) is 1. The minimum atomic E-state index is -0.122. The van der Waals surface area contributed by atoms with Gasteiger partial charge in [0.2, 0.25) is 5.95 Å². The minimum absolute atomic E-state index is 0.122. The van der Waals surface area contributed by atoms with Crippen LogP contribution >= 0.6 is 0 Å². The highest BCUT2D eigenvalue weighted by Crippen LogP contribution is 2.47. The second kappa shape index (κ2) is 8.50. The van der Waals surface area contributed by atoms with E-state index in [0.29, 0.717) is 6.54 Å². The number of nitrogens with zero attached hydrogens (tertiary/aromatic N) is 4. The molecule has 1 spiro atoms. The molecule has 0 bridgehead atoms. The maximum absolute atomic E-state index is 14.0. The molecule has 6 rings (SSSR count). The number of hydrogen-bond acceptors (Lipinski definition) is 5. The SMILES string of the molecule is Fc1ccccc1CN1CCN(c2ncc3c(n2)-c2ccccc2C2(CCNCC2)C3)CC1. The number of anilines is 1. The zero-order valence-electron chi connectivity index (χ0n) is 18.9. The van der Waals surface area contributed by atoms with E-state index < -0.39 is 0 Å². The summed E-state index contributed by atoms with van der Waals surface area (Å²) in [4.78, 5) is 14.5. The number of halogens is 1. The molecular weight excluding hydrogens is 413 g/mol. The number of rotatable bonds is 3. The first-order valence-corrected chi connectivity index (χ1v) is 12.1. The molecule has 2 fully saturated rings. The van der Waals surface area contributed by atoms with Crippen molar-refractivity contribution in [3.05, 3.63) is 77.2 Å². The molecule has 1 N–H and O–H groups in total. The van der Waals surface area contributed by atoms with Crippen LogP contribution in [0.15, 0.2) is 54.7 Å². The third kappa shape index (κ3) is 3.81. The normalized spacial score (nSPS) is 19.8. The maximum atomic E-state index is 14.0.